The SMILES string of the molecule is CCOc1cccc(/C=N/NC(=O)CN(C)CCN(C)Cc2ccc(C=N)cc2)c1O. The number of hydrazone groups is 1. The standard InChI is InChI=1S/C23H31N5O3/c1-4-31-21-7-5-6-20(23(21)30)15-25-26-22(29)17-28(3)13-12-27(2)16-19-10-8-18(14-24)9-11-19/h5-11,14-15,24,30H,4,12-13,16-17H2,1-3H3,(H,26,29)/b24-14?,25-15+. The second kappa shape index (κ2) is 12.5. The summed E-state index contributed by atoms with van der Waals surface area (Å²) in [5.74, 6) is 0.145. The maximum absolute atomic E-state index is 12.1. The quantitative estimate of drug-likeness (QED) is 0.358. The Morgan fingerprint density at radius 1 is 1.16 bits per heavy atom. The van der Waals surface area contributed by atoms with Gasteiger partial charge in [-0.1, -0.05) is 30.3 Å². The molecule has 8 heteroatoms. The van der Waals surface area contributed by atoms with Gasteiger partial charge in [0.15, 0.2) is 11.5 Å². The third-order valence-corrected chi connectivity index (χ3v) is 4.60. The van der Waals surface area contributed by atoms with Crippen molar-refractivity contribution in [2.45, 2.75) is 13.5 Å². The lowest BCUT2D eigenvalue weighted by Crippen LogP contribution is -2.37. The van der Waals surface area contributed by atoms with E-state index in [1.165, 1.54) is 18.0 Å². The largest absolute Gasteiger partial charge is 0.504 e. The van der Waals surface area contributed by atoms with Crippen LogP contribution in [0.5, 0.6) is 11.5 Å². The Morgan fingerprint density at radius 3 is 2.55 bits per heavy atom. The lowest BCUT2D eigenvalue weighted by molar-refractivity contribution is -0.121. The fraction of sp³-hybridized carbons (Fsp3) is 0.348. The summed E-state index contributed by atoms with van der Waals surface area (Å²) in [6, 6.07) is 13.0. The Balaban J connectivity index is 1.73. The number of nitrogens with one attached hydrogen (secondary N) is 2. The van der Waals surface area contributed by atoms with E-state index < -0.39 is 0 Å². The number of phenols is 1. The lowest BCUT2D eigenvalue weighted by Gasteiger charge is -2.21. The van der Waals surface area contributed by atoms with Crippen molar-refractivity contribution >= 4 is 18.3 Å². The number of carbonyl (C=O) groups is 1. The highest BCUT2D eigenvalue weighted by Crippen LogP contribution is 2.28. The number of amides is 1. The van der Waals surface area contributed by atoms with Crippen molar-refractivity contribution in [1.82, 2.24) is 15.2 Å². The van der Waals surface area contributed by atoms with Crippen LogP contribution in [0.3, 0.4) is 0 Å². The summed E-state index contributed by atoms with van der Waals surface area (Å²) in [4.78, 5) is 16.2. The minimum Gasteiger partial charge on any atom is -0.504 e. The number of hydrogen-bond donors (Lipinski definition) is 3. The van der Waals surface area contributed by atoms with Crippen molar-refractivity contribution < 1.29 is 14.6 Å². The van der Waals surface area contributed by atoms with E-state index in [9.17, 15) is 9.90 Å². The molecule has 0 saturated carbocycles. The molecule has 0 unspecified atom stereocenters. The van der Waals surface area contributed by atoms with Gasteiger partial charge >= 0.3 is 0 Å². The maximum Gasteiger partial charge on any atom is 0.254 e. The van der Waals surface area contributed by atoms with Crippen LogP contribution in [0.4, 0.5) is 0 Å². The minimum atomic E-state index is -0.232. The predicted molar refractivity (Wildman–Crippen MR) is 123 cm³/mol. The first-order valence-electron chi connectivity index (χ1n) is 10.2. The van der Waals surface area contributed by atoms with E-state index in [1.54, 1.807) is 18.2 Å². The molecule has 31 heavy (non-hydrogen) atoms. The molecule has 0 aliphatic rings. The molecular weight excluding hydrogens is 394 g/mol. The van der Waals surface area contributed by atoms with Crippen molar-refractivity contribution in [3.8, 4) is 11.5 Å². The van der Waals surface area contributed by atoms with Crippen LogP contribution < -0.4 is 10.2 Å². The molecule has 3 N–H and O–H groups in total. The van der Waals surface area contributed by atoms with E-state index in [-0.39, 0.29) is 18.2 Å². The number of benzene rings is 2. The summed E-state index contributed by atoms with van der Waals surface area (Å²) in [6.07, 6.45) is 2.73. The van der Waals surface area contributed by atoms with Crippen LogP contribution in [0.2, 0.25) is 0 Å². The van der Waals surface area contributed by atoms with Gasteiger partial charge < -0.3 is 20.2 Å². The smallest absolute Gasteiger partial charge is 0.254 e. The zero-order valence-electron chi connectivity index (χ0n) is 18.3. The summed E-state index contributed by atoms with van der Waals surface area (Å²) in [6.45, 7) is 4.83. The first-order chi connectivity index (χ1) is 14.9. The average Bonchev–Trinajstić information content (AvgIpc) is 2.75. The first-order valence-corrected chi connectivity index (χ1v) is 10.2. The van der Waals surface area contributed by atoms with Gasteiger partial charge in [0.1, 0.15) is 0 Å². The van der Waals surface area contributed by atoms with Crippen LogP contribution in [0.15, 0.2) is 47.6 Å². The van der Waals surface area contributed by atoms with E-state index in [0.717, 1.165) is 25.2 Å². The number of carbonyl (C=O) groups excluding carboxylic acids is 1. The fourth-order valence-electron chi connectivity index (χ4n) is 2.90. The third-order valence-electron chi connectivity index (χ3n) is 4.60. The molecule has 1 amide bonds. The molecule has 0 aliphatic carbocycles. The molecule has 0 bridgehead atoms. The molecule has 0 atom stereocenters. The van der Waals surface area contributed by atoms with E-state index in [0.29, 0.717) is 17.9 Å². The highest BCUT2D eigenvalue weighted by molar-refractivity contribution is 5.86. The van der Waals surface area contributed by atoms with E-state index in [1.807, 2.05) is 50.2 Å². The van der Waals surface area contributed by atoms with Crippen LogP contribution in [-0.4, -0.2) is 73.6 Å². The number of phenolic OH excluding ortho intramolecular Hbond substituents is 1. The molecule has 0 fully saturated rings. The fourth-order valence-corrected chi connectivity index (χ4v) is 2.90. The molecule has 2 aromatic carbocycles. The van der Waals surface area contributed by atoms with Gasteiger partial charge in [0.25, 0.3) is 5.91 Å². The van der Waals surface area contributed by atoms with Gasteiger partial charge in [0.05, 0.1) is 19.4 Å². The predicted octanol–water partition coefficient (Wildman–Crippen LogP) is 2.30. The summed E-state index contributed by atoms with van der Waals surface area (Å²) in [5.41, 5.74) is 5.02. The second-order valence-corrected chi connectivity index (χ2v) is 7.28. The zero-order chi connectivity index (χ0) is 22.6. The monoisotopic (exact) mass is 425 g/mol. The molecule has 8 nitrogen and oxygen atoms in total. The van der Waals surface area contributed by atoms with Crippen LogP contribution in [0.1, 0.15) is 23.6 Å². The summed E-state index contributed by atoms with van der Waals surface area (Å²) in [5, 5.41) is 21.3. The number of ether oxygens (including phenoxy) is 1. The van der Waals surface area contributed by atoms with E-state index >= 15 is 0 Å². The normalized spacial score (nSPS) is 11.3. The Hall–Kier alpha value is -3.23. The molecule has 0 heterocycles. The molecule has 2 aromatic rings. The van der Waals surface area contributed by atoms with Gasteiger partial charge in [0.2, 0.25) is 0 Å². The topological polar surface area (TPSA) is 101 Å². The molecule has 0 radical (unpaired) electrons. The van der Waals surface area contributed by atoms with Gasteiger partial charge in [0, 0.05) is 31.4 Å². The van der Waals surface area contributed by atoms with Crippen LogP contribution in [0, 0.1) is 5.41 Å². The number of likely N-dealkylation sites (N-methyl/N-ethyl adjacent to an activating group) is 2. The van der Waals surface area contributed by atoms with Gasteiger partial charge in [-0.15, -0.1) is 0 Å². The van der Waals surface area contributed by atoms with Crippen LogP contribution in [0.25, 0.3) is 0 Å². The zero-order valence-corrected chi connectivity index (χ0v) is 18.3. The number of hydrogen-bond acceptors (Lipinski definition) is 7. The summed E-state index contributed by atoms with van der Waals surface area (Å²) in [7, 11) is 3.92. The lowest BCUT2D eigenvalue weighted by atomic mass is 10.1. The van der Waals surface area contributed by atoms with Gasteiger partial charge in [-0.25, -0.2) is 5.43 Å². The van der Waals surface area contributed by atoms with Gasteiger partial charge in [-0.05, 0) is 44.3 Å². The molecule has 0 aromatic heterocycles. The number of rotatable bonds is 12. The van der Waals surface area contributed by atoms with Crippen LogP contribution in [-0.2, 0) is 11.3 Å². The highest BCUT2D eigenvalue weighted by Gasteiger charge is 2.09. The Kier molecular flexibility index (Phi) is 9.67. The Labute approximate surface area is 183 Å². The van der Waals surface area contributed by atoms with Gasteiger partial charge in [-0.2, -0.15) is 5.10 Å². The molecule has 0 spiro atoms. The molecule has 166 valence electrons. The summed E-state index contributed by atoms with van der Waals surface area (Å²) < 4.78 is 5.33. The number of para-hydroxylation sites is 1. The minimum absolute atomic E-state index is 0.00466. The molecule has 2 rings (SSSR count). The first kappa shape index (κ1) is 24.0. The van der Waals surface area contributed by atoms with Crippen molar-refractivity contribution in [2.75, 3.05) is 40.3 Å². The third kappa shape index (κ3) is 8.19. The van der Waals surface area contributed by atoms with E-state index in [2.05, 4.69) is 15.4 Å². The second-order valence-electron chi connectivity index (χ2n) is 7.28. The van der Waals surface area contributed by atoms with Crippen molar-refractivity contribution in [2.24, 2.45) is 5.10 Å². The molecule has 0 aliphatic heterocycles. The highest BCUT2D eigenvalue weighted by atomic mass is 16.5. The van der Waals surface area contributed by atoms with E-state index in [4.69, 9.17) is 10.1 Å². The Morgan fingerprint density at radius 2 is 1.87 bits per heavy atom. The van der Waals surface area contributed by atoms with Gasteiger partial charge in [-0.3, -0.25) is 9.69 Å². The molecule has 0 saturated heterocycles. The maximum atomic E-state index is 12.1. The van der Waals surface area contributed by atoms with Crippen molar-refractivity contribution in [3.05, 3.63) is 59.2 Å². The Bertz CT molecular complexity index is 883. The number of aromatic hydroxyl groups is 1. The molecular formula is C23H31N5O3. The van der Waals surface area contributed by atoms with Crippen molar-refractivity contribution in [3.63, 3.8) is 0 Å². The van der Waals surface area contributed by atoms with Crippen molar-refractivity contribution in [1.29, 1.82) is 5.41 Å². The number of nitrogens with zero attached hydrogens (tertiary/aromatic N) is 3. The van der Waals surface area contributed by atoms with Crippen LogP contribution >= 0.6 is 0 Å². The average molecular weight is 426 g/mol. The summed E-state index contributed by atoms with van der Waals surface area (Å²) >= 11 is 0.